The maximum Gasteiger partial charge on any atom is 0.306 e. The van der Waals surface area contributed by atoms with E-state index in [1.165, 1.54) is 0 Å². The normalized spacial score (nSPS) is 24.2. The molecular formula is C9H12O2. The molecule has 0 spiro atoms. The summed E-state index contributed by atoms with van der Waals surface area (Å²) in [5.74, 6) is -0.860. The summed E-state index contributed by atoms with van der Waals surface area (Å²) in [5, 5.41) is 8.70. The standard InChI is InChI=1S/C9H12O2/c10-9(11)8-6-4-2-1-3-5-7-8/h1,5,8H,2,4,6-7H2,(H,10,11). The molecule has 2 nitrogen and oxygen atoms in total. The lowest BCUT2D eigenvalue weighted by molar-refractivity contribution is -0.141. The van der Waals surface area contributed by atoms with Crippen LogP contribution in [0.5, 0.6) is 0 Å². The molecular weight excluding hydrogens is 140 g/mol. The number of hydrogen-bond donors (Lipinski definition) is 1. The Kier molecular flexibility index (Phi) is 2.94. The van der Waals surface area contributed by atoms with Crippen molar-refractivity contribution < 1.29 is 9.90 Å². The lowest BCUT2D eigenvalue weighted by Gasteiger charge is -2.08. The summed E-state index contributed by atoms with van der Waals surface area (Å²) in [7, 11) is 0. The van der Waals surface area contributed by atoms with E-state index >= 15 is 0 Å². The Morgan fingerprint density at radius 3 is 3.09 bits per heavy atom. The summed E-state index contributed by atoms with van der Waals surface area (Å²) >= 11 is 0. The molecule has 1 aliphatic rings. The molecule has 0 fully saturated rings. The van der Waals surface area contributed by atoms with E-state index in [9.17, 15) is 4.79 Å². The average Bonchev–Trinajstić information content (AvgIpc) is 1.84. The van der Waals surface area contributed by atoms with Crippen molar-refractivity contribution >= 4 is 5.97 Å². The van der Waals surface area contributed by atoms with Gasteiger partial charge in [0.15, 0.2) is 0 Å². The predicted octanol–water partition coefficient (Wildman–Crippen LogP) is 1.97. The van der Waals surface area contributed by atoms with Crippen LogP contribution in [0.4, 0.5) is 0 Å². The second-order valence-electron chi connectivity index (χ2n) is 2.78. The number of hydrogen-bond acceptors (Lipinski definition) is 1. The van der Waals surface area contributed by atoms with Crippen LogP contribution >= 0.6 is 0 Å². The zero-order valence-electron chi connectivity index (χ0n) is 6.42. The van der Waals surface area contributed by atoms with Crippen molar-refractivity contribution in [2.75, 3.05) is 0 Å². The molecule has 0 heterocycles. The Labute approximate surface area is 66.2 Å². The molecule has 1 atom stereocenters. The van der Waals surface area contributed by atoms with Crippen LogP contribution in [0.2, 0.25) is 0 Å². The number of allylic oxidation sites excluding steroid dienone is 1. The van der Waals surface area contributed by atoms with Crippen LogP contribution in [0.25, 0.3) is 0 Å². The first kappa shape index (κ1) is 8.09. The van der Waals surface area contributed by atoms with E-state index < -0.39 is 5.97 Å². The second kappa shape index (κ2) is 3.99. The molecule has 2 heteroatoms. The van der Waals surface area contributed by atoms with Crippen molar-refractivity contribution in [3.05, 3.63) is 17.9 Å². The van der Waals surface area contributed by atoms with Gasteiger partial charge in [-0.1, -0.05) is 0 Å². The van der Waals surface area contributed by atoms with Crippen LogP contribution in [-0.4, -0.2) is 11.1 Å². The predicted molar refractivity (Wildman–Crippen MR) is 42.2 cm³/mol. The van der Waals surface area contributed by atoms with Gasteiger partial charge in [-0.3, -0.25) is 4.79 Å². The molecule has 0 aliphatic heterocycles. The molecule has 60 valence electrons. The first-order valence-corrected chi connectivity index (χ1v) is 3.93. The Morgan fingerprint density at radius 2 is 2.36 bits per heavy atom. The first-order chi connectivity index (χ1) is 5.30. The minimum Gasteiger partial charge on any atom is -0.481 e. The SMILES string of the molecule is O=C(O)C1CC=C=CCCC1. The minimum absolute atomic E-state index is 0.184. The Hall–Kier alpha value is -1.01. The number of carbonyl (C=O) groups is 1. The van der Waals surface area contributed by atoms with Crippen LogP contribution in [0.15, 0.2) is 17.9 Å². The summed E-state index contributed by atoms with van der Waals surface area (Å²) in [6, 6.07) is 0. The zero-order valence-corrected chi connectivity index (χ0v) is 6.42. The van der Waals surface area contributed by atoms with Gasteiger partial charge in [0, 0.05) is 0 Å². The Bertz CT molecular complexity index is 200. The van der Waals surface area contributed by atoms with E-state index in [2.05, 4.69) is 5.73 Å². The molecule has 0 aromatic carbocycles. The van der Waals surface area contributed by atoms with Crippen molar-refractivity contribution in [2.45, 2.75) is 25.7 Å². The van der Waals surface area contributed by atoms with Gasteiger partial charge in [0.05, 0.1) is 5.92 Å². The van der Waals surface area contributed by atoms with Crippen LogP contribution in [0.3, 0.4) is 0 Å². The maximum atomic E-state index is 10.6. The van der Waals surface area contributed by atoms with Crippen molar-refractivity contribution in [2.24, 2.45) is 5.92 Å². The highest BCUT2D eigenvalue weighted by Crippen LogP contribution is 2.15. The third-order valence-electron chi connectivity index (χ3n) is 1.89. The van der Waals surface area contributed by atoms with Crippen LogP contribution in [0.1, 0.15) is 25.7 Å². The average molecular weight is 152 g/mol. The number of carboxylic acid groups (broad SMARTS) is 1. The lowest BCUT2D eigenvalue weighted by atomic mass is 9.97. The van der Waals surface area contributed by atoms with Gasteiger partial charge < -0.3 is 5.11 Å². The number of aliphatic carboxylic acids is 1. The van der Waals surface area contributed by atoms with E-state index in [4.69, 9.17) is 5.11 Å². The summed E-state index contributed by atoms with van der Waals surface area (Å²) in [4.78, 5) is 10.6. The molecule has 0 bridgehead atoms. The highest BCUT2D eigenvalue weighted by atomic mass is 16.4. The smallest absolute Gasteiger partial charge is 0.306 e. The van der Waals surface area contributed by atoms with Crippen LogP contribution in [-0.2, 0) is 4.79 Å². The van der Waals surface area contributed by atoms with Crippen molar-refractivity contribution in [3.63, 3.8) is 0 Å². The maximum absolute atomic E-state index is 10.6. The quantitative estimate of drug-likeness (QED) is 0.583. The summed E-state index contributed by atoms with van der Waals surface area (Å²) in [6.45, 7) is 0. The second-order valence-corrected chi connectivity index (χ2v) is 2.78. The van der Waals surface area contributed by atoms with Crippen molar-refractivity contribution in [3.8, 4) is 0 Å². The zero-order chi connectivity index (χ0) is 8.10. The molecule has 0 saturated heterocycles. The fourth-order valence-electron chi connectivity index (χ4n) is 1.19. The third kappa shape index (κ3) is 2.60. The van der Waals surface area contributed by atoms with Gasteiger partial charge in [0.1, 0.15) is 0 Å². The molecule has 0 amide bonds. The van der Waals surface area contributed by atoms with Crippen LogP contribution < -0.4 is 0 Å². The van der Waals surface area contributed by atoms with Crippen molar-refractivity contribution in [1.82, 2.24) is 0 Å². The fourth-order valence-corrected chi connectivity index (χ4v) is 1.19. The summed E-state index contributed by atoms with van der Waals surface area (Å²) < 4.78 is 0. The molecule has 0 aromatic heterocycles. The van der Waals surface area contributed by atoms with E-state index in [1.807, 2.05) is 12.2 Å². The van der Waals surface area contributed by atoms with Gasteiger partial charge >= 0.3 is 5.97 Å². The Balaban J connectivity index is 2.55. The van der Waals surface area contributed by atoms with Crippen LogP contribution in [0, 0.1) is 5.92 Å². The fraction of sp³-hybridized carbons (Fsp3) is 0.556. The van der Waals surface area contributed by atoms with E-state index in [1.54, 1.807) is 0 Å². The van der Waals surface area contributed by atoms with Gasteiger partial charge in [0.2, 0.25) is 0 Å². The van der Waals surface area contributed by atoms with E-state index in [-0.39, 0.29) is 5.92 Å². The third-order valence-corrected chi connectivity index (χ3v) is 1.89. The molecule has 0 radical (unpaired) electrons. The van der Waals surface area contributed by atoms with Gasteiger partial charge in [-0.25, -0.2) is 0 Å². The highest BCUT2D eigenvalue weighted by Gasteiger charge is 2.15. The molecule has 0 aromatic rings. The first-order valence-electron chi connectivity index (χ1n) is 3.93. The number of carboxylic acids is 1. The van der Waals surface area contributed by atoms with Gasteiger partial charge in [-0.2, -0.15) is 0 Å². The van der Waals surface area contributed by atoms with Gasteiger partial charge in [0.25, 0.3) is 0 Å². The summed E-state index contributed by atoms with van der Waals surface area (Å²) in [6.07, 6.45) is 7.14. The lowest BCUT2D eigenvalue weighted by Crippen LogP contribution is -2.12. The van der Waals surface area contributed by atoms with Gasteiger partial charge in [-0.05, 0) is 37.8 Å². The Morgan fingerprint density at radius 1 is 1.55 bits per heavy atom. The molecule has 0 saturated carbocycles. The molecule has 1 N–H and O–H groups in total. The molecule has 1 unspecified atom stereocenters. The topological polar surface area (TPSA) is 37.3 Å². The van der Waals surface area contributed by atoms with E-state index in [0.717, 1.165) is 19.3 Å². The van der Waals surface area contributed by atoms with Crippen molar-refractivity contribution in [1.29, 1.82) is 0 Å². The summed E-state index contributed by atoms with van der Waals surface area (Å²) in [5.41, 5.74) is 2.96. The number of rotatable bonds is 1. The highest BCUT2D eigenvalue weighted by molar-refractivity contribution is 5.70. The molecule has 1 rings (SSSR count). The molecule has 1 aliphatic carbocycles. The molecule has 11 heavy (non-hydrogen) atoms. The van der Waals surface area contributed by atoms with Gasteiger partial charge in [-0.15, -0.1) is 5.73 Å². The minimum atomic E-state index is -0.676. The monoisotopic (exact) mass is 152 g/mol. The largest absolute Gasteiger partial charge is 0.481 e. The van der Waals surface area contributed by atoms with E-state index in [0.29, 0.717) is 6.42 Å².